The Morgan fingerprint density at radius 2 is 0.716 bits per heavy atom. The number of nitrogens with two attached hydrogens (primary N) is 3. The molecule has 0 aliphatic rings. The predicted molar refractivity (Wildman–Crippen MR) is 311 cm³/mol. The van der Waals surface area contributed by atoms with Crippen molar-refractivity contribution in [1.82, 2.24) is 35.2 Å². The molecule has 4 aromatic carbocycles. The molecule has 7 aromatic rings. The number of esters is 3. The number of rotatable bonds is 2. The molecule has 0 saturated heterocycles. The molecule has 0 radical (unpaired) electrons. The van der Waals surface area contributed by atoms with Crippen LogP contribution in [0.2, 0.25) is 0 Å². The maximum atomic E-state index is 10.7. The summed E-state index contributed by atoms with van der Waals surface area (Å²) >= 11 is 2.45. The number of carbonyl (C=O) groups excluding carboxylic acids is 6. The standard InChI is InChI=1S/2C9H9N3O.C7H7N3.C6H8N2.C3H7NO.3C3H6O2.CBrN.7CH4/c2*1-6(13)10-9-11-7-4-2-3-5-8(7)12-9;8-7-9-5-3-1-2-4-6(5)10-7;7-5-3-1-2-4-6(5)8;1-3(5)4-2;3*1-3(4)5-2;2-1-3;;;;;;;/h2*2-5H,1H3,(H2,10,11,12,13);1-4H,(H3,8,9,10);1-4H,7-8H2;1-2H3,(H,4,5);3*1-2H3;;7*1H4. The topological polar surface area (TPSA) is 354 Å². The second-order valence-corrected chi connectivity index (χ2v) is 12.7. The summed E-state index contributed by atoms with van der Waals surface area (Å²) in [5.41, 5.74) is 23.0. The number of fused-ring (bicyclic) bond motifs is 3. The lowest BCUT2D eigenvalue weighted by Crippen LogP contribution is -2.11. The number of nitrogen functional groups attached to an aromatic ring is 3. The second-order valence-electron chi connectivity index (χ2n) is 12.3. The molecule has 3 heterocycles. The fourth-order valence-electron chi connectivity index (χ4n) is 3.84. The van der Waals surface area contributed by atoms with Crippen LogP contribution in [0, 0.1) is 10.2 Å². The van der Waals surface area contributed by atoms with Crippen LogP contribution in [0.15, 0.2) is 97.1 Å². The predicted octanol–water partition coefficient (Wildman–Crippen LogP) is 10.6. The van der Waals surface area contributed by atoms with E-state index in [0.717, 1.165) is 33.1 Å². The summed E-state index contributed by atoms with van der Waals surface area (Å²) in [6, 6.07) is 30.2. The number of aromatic nitrogens is 6. The highest BCUT2D eigenvalue weighted by Gasteiger charge is 2.03. The Kier molecular flexibility index (Phi) is 58.6. The van der Waals surface area contributed by atoms with Crippen molar-refractivity contribution in [2.75, 3.05) is 56.2 Å². The molecule has 0 atom stereocenters. The van der Waals surface area contributed by atoms with E-state index in [-0.39, 0.29) is 87.6 Å². The number of nitrogens with zero attached hydrogens (tertiary/aromatic N) is 4. The van der Waals surface area contributed by atoms with Crippen molar-refractivity contribution >= 4 is 114 Å². The largest absolute Gasteiger partial charge is 0.469 e. The minimum atomic E-state index is -0.245. The van der Waals surface area contributed by atoms with Gasteiger partial charge in [0.25, 0.3) is 0 Å². The van der Waals surface area contributed by atoms with E-state index in [0.29, 0.717) is 29.2 Å². The van der Waals surface area contributed by atoms with Gasteiger partial charge in [0.05, 0.1) is 65.8 Å². The summed E-state index contributed by atoms with van der Waals surface area (Å²) in [6.07, 6.45) is 0. The van der Waals surface area contributed by atoms with Gasteiger partial charge >= 0.3 is 17.9 Å². The second kappa shape index (κ2) is 50.9. The number of ether oxygens (including phenoxy) is 3. The molecule has 3 amide bonds. The molecule has 0 spiro atoms. The molecule has 22 nitrogen and oxygen atoms in total. The molecule has 23 heteroatoms. The number of hydrogen-bond acceptors (Lipinski definition) is 16. The monoisotopic (exact) mass is 1100 g/mol. The highest BCUT2D eigenvalue weighted by molar-refractivity contribution is 9.12. The summed E-state index contributed by atoms with van der Waals surface area (Å²) in [7, 11) is 5.65. The van der Waals surface area contributed by atoms with Crippen molar-refractivity contribution in [3.05, 3.63) is 97.1 Å². The van der Waals surface area contributed by atoms with Gasteiger partial charge in [0.15, 0.2) is 5.95 Å². The SMILES string of the molecule is C.C.C.C.C.C.C.CC(=O)Nc1nc2ccccc2[nH]1.CC(=O)Nc1nc2ccccc2[nH]1.CNC(C)=O.COC(C)=O.COC(C)=O.COC(C)=O.N#CBr.Nc1ccccc1N.Nc1nc2ccccc2[nH]1. The van der Waals surface area contributed by atoms with Gasteiger partial charge in [-0.1, -0.05) is 101 Å². The van der Waals surface area contributed by atoms with E-state index in [4.69, 9.17) is 22.5 Å². The van der Waals surface area contributed by atoms with Gasteiger partial charge in [-0.25, -0.2) is 15.0 Å². The minimum absolute atomic E-state index is 0. The van der Waals surface area contributed by atoms with Crippen LogP contribution in [0.1, 0.15) is 93.5 Å². The van der Waals surface area contributed by atoms with Crippen molar-refractivity contribution in [3.8, 4) is 4.98 Å². The molecule has 416 valence electrons. The molecule has 74 heavy (non-hydrogen) atoms. The molecular weight excluding hydrogens is 1020 g/mol. The first kappa shape index (κ1) is 85.3. The third-order valence-corrected chi connectivity index (χ3v) is 6.99. The van der Waals surface area contributed by atoms with E-state index in [1.807, 2.05) is 84.9 Å². The molecular formula is C51H86BrN13O9. The van der Waals surface area contributed by atoms with Crippen molar-refractivity contribution in [2.45, 2.75) is 93.5 Å². The Bertz CT molecular complexity index is 2350. The zero-order valence-electron chi connectivity index (χ0n) is 38.8. The number of anilines is 5. The van der Waals surface area contributed by atoms with Gasteiger partial charge in [-0.15, -0.1) is 0 Å². The molecule has 0 fully saturated rings. The summed E-state index contributed by atoms with van der Waals surface area (Å²) in [4.78, 5) is 82.7. The molecule has 7 rings (SSSR count). The number of imidazole rings is 3. The first-order valence-electron chi connectivity index (χ1n) is 19.2. The zero-order chi connectivity index (χ0) is 51.3. The van der Waals surface area contributed by atoms with Gasteiger partial charge in [-0.05, 0) is 48.5 Å². The Morgan fingerprint density at radius 3 is 0.919 bits per heavy atom. The quantitative estimate of drug-likeness (QED) is 0.0441. The molecule has 0 aliphatic heterocycles. The Morgan fingerprint density at radius 1 is 0.486 bits per heavy atom. The summed E-state index contributed by atoms with van der Waals surface area (Å²) < 4.78 is 12.3. The van der Waals surface area contributed by atoms with Crippen LogP contribution in [0.4, 0.5) is 29.2 Å². The summed E-state index contributed by atoms with van der Waals surface area (Å²) in [6.45, 7) is 8.46. The van der Waals surface area contributed by atoms with Gasteiger partial charge in [0, 0.05) is 64.5 Å². The van der Waals surface area contributed by atoms with Crippen LogP contribution in [0.25, 0.3) is 33.1 Å². The third kappa shape index (κ3) is 43.5. The van der Waals surface area contributed by atoms with Gasteiger partial charge in [0.2, 0.25) is 29.6 Å². The smallest absolute Gasteiger partial charge is 0.302 e. The third-order valence-electron chi connectivity index (χ3n) is 6.99. The molecule has 3 aromatic heterocycles. The normalized spacial score (nSPS) is 7.92. The van der Waals surface area contributed by atoms with Crippen LogP contribution in [-0.2, 0) is 43.0 Å². The van der Waals surface area contributed by atoms with Crippen LogP contribution >= 0.6 is 15.9 Å². The number of benzene rings is 4. The number of aromatic amines is 3. The van der Waals surface area contributed by atoms with Crippen molar-refractivity contribution < 1.29 is 43.0 Å². The Hall–Kier alpha value is -8.52. The highest BCUT2D eigenvalue weighted by Crippen LogP contribution is 2.14. The van der Waals surface area contributed by atoms with Gasteiger partial charge in [-0.3, -0.25) is 39.4 Å². The fraction of sp³-hybridized carbons (Fsp3) is 0.333. The fourth-order valence-corrected chi connectivity index (χ4v) is 3.84. The van der Waals surface area contributed by atoms with E-state index < -0.39 is 0 Å². The lowest BCUT2D eigenvalue weighted by molar-refractivity contribution is -0.138. The van der Waals surface area contributed by atoms with Gasteiger partial charge in [-0.2, -0.15) is 5.26 Å². The number of H-pyrrole nitrogens is 3. The highest BCUT2D eigenvalue weighted by atomic mass is 79.9. The number of methoxy groups -OCH3 is 3. The molecule has 0 unspecified atom stereocenters. The number of amides is 3. The van der Waals surface area contributed by atoms with E-state index in [1.54, 1.807) is 24.2 Å². The Balaban J connectivity index is -0.0000000940. The van der Waals surface area contributed by atoms with Gasteiger partial charge in [0.1, 0.15) is 4.98 Å². The van der Waals surface area contributed by atoms with Crippen molar-refractivity contribution in [1.29, 1.82) is 5.26 Å². The molecule has 0 aliphatic carbocycles. The average Bonchev–Trinajstić information content (AvgIpc) is 4.01. The average molecular weight is 1110 g/mol. The molecule has 12 N–H and O–H groups in total. The maximum Gasteiger partial charge on any atom is 0.302 e. The van der Waals surface area contributed by atoms with Crippen molar-refractivity contribution in [3.63, 3.8) is 0 Å². The number of carbonyl (C=O) groups is 6. The van der Waals surface area contributed by atoms with Gasteiger partial charge < -0.3 is 51.7 Å². The van der Waals surface area contributed by atoms with Crippen LogP contribution in [0.5, 0.6) is 0 Å². The van der Waals surface area contributed by atoms with Crippen LogP contribution < -0.4 is 33.2 Å². The number of nitriles is 1. The van der Waals surface area contributed by atoms with E-state index in [1.165, 1.54) is 62.9 Å². The molecule has 0 bridgehead atoms. The number of nitrogens with one attached hydrogen (secondary N) is 6. The number of hydrogen-bond donors (Lipinski definition) is 9. The zero-order valence-corrected chi connectivity index (χ0v) is 40.4. The van der Waals surface area contributed by atoms with E-state index in [2.05, 4.69) is 76.0 Å². The summed E-state index contributed by atoms with van der Waals surface area (Å²) in [5.74, 6) is 0.478. The van der Waals surface area contributed by atoms with Crippen LogP contribution in [-0.4, -0.2) is 93.9 Å². The Labute approximate surface area is 447 Å². The summed E-state index contributed by atoms with van der Waals surface area (Å²) in [5, 5.41) is 14.8. The molecule has 0 saturated carbocycles. The maximum absolute atomic E-state index is 10.7. The lowest BCUT2D eigenvalue weighted by Gasteiger charge is -1.94. The van der Waals surface area contributed by atoms with E-state index >= 15 is 0 Å². The van der Waals surface area contributed by atoms with E-state index in [9.17, 15) is 28.8 Å². The number of halogens is 1. The van der Waals surface area contributed by atoms with Crippen LogP contribution in [0.3, 0.4) is 0 Å². The van der Waals surface area contributed by atoms with Crippen molar-refractivity contribution in [2.24, 2.45) is 0 Å². The first-order chi connectivity index (χ1) is 31.7. The minimum Gasteiger partial charge on any atom is -0.469 e. The first-order valence-corrected chi connectivity index (χ1v) is 20.0. The number of para-hydroxylation sites is 8. The lowest BCUT2D eigenvalue weighted by atomic mass is 10.3.